The Balaban J connectivity index is 2.89. The van der Waals surface area contributed by atoms with Crippen molar-refractivity contribution in [3.8, 4) is 6.07 Å². The zero-order valence-corrected chi connectivity index (χ0v) is 8.43. The van der Waals surface area contributed by atoms with Gasteiger partial charge in [0, 0.05) is 19.3 Å². The quantitative estimate of drug-likeness (QED) is 0.723. The first kappa shape index (κ1) is 11.2. The zero-order chi connectivity index (χ0) is 11.1. The number of aliphatic hydroxyl groups excluding tert-OH is 1. The van der Waals surface area contributed by atoms with E-state index in [-0.39, 0.29) is 6.61 Å². The Labute approximate surface area is 89.1 Å². The smallest absolute Gasteiger partial charge is 0.130 e. The molecule has 0 bridgehead atoms. The maximum atomic E-state index is 8.88. The van der Waals surface area contributed by atoms with Gasteiger partial charge in [-0.05, 0) is 12.1 Å². The molecule has 1 rings (SSSR count). The molecular formula is C11H13N3O. The van der Waals surface area contributed by atoms with E-state index < -0.39 is 0 Å². The summed E-state index contributed by atoms with van der Waals surface area (Å²) in [6, 6.07) is 5.39. The Kier molecular flexibility index (Phi) is 4.32. The number of pyridine rings is 1. The largest absolute Gasteiger partial charge is 0.395 e. The molecule has 15 heavy (non-hydrogen) atoms. The second-order valence-electron chi connectivity index (χ2n) is 2.97. The van der Waals surface area contributed by atoms with E-state index in [1.54, 1.807) is 24.4 Å². The van der Waals surface area contributed by atoms with Crippen molar-refractivity contribution >= 4 is 5.82 Å². The lowest BCUT2D eigenvalue weighted by Crippen LogP contribution is -2.27. The molecule has 0 saturated heterocycles. The van der Waals surface area contributed by atoms with Crippen LogP contribution in [-0.4, -0.2) is 29.8 Å². The highest BCUT2D eigenvalue weighted by atomic mass is 16.3. The summed E-state index contributed by atoms with van der Waals surface area (Å²) in [7, 11) is 0. The molecule has 0 unspecified atom stereocenters. The molecule has 1 aromatic rings. The fourth-order valence-corrected chi connectivity index (χ4v) is 1.24. The van der Waals surface area contributed by atoms with Crippen molar-refractivity contribution in [2.45, 2.75) is 0 Å². The normalized spacial score (nSPS) is 9.33. The van der Waals surface area contributed by atoms with Gasteiger partial charge in [-0.2, -0.15) is 5.26 Å². The first-order chi connectivity index (χ1) is 7.31. The highest BCUT2D eigenvalue weighted by Crippen LogP contribution is 2.11. The van der Waals surface area contributed by atoms with Gasteiger partial charge in [0.1, 0.15) is 5.82 Å². The molecular weight excluding hydrogens is 190 g/mol. The van der Waals surface area contributed by atoms with Crippen LogP contribution in [0.1, 0.15) is 5.56 Å². The topological polar surface area (TPSA) is 60.1 Å². The molecule has 1 N–H and O–H groups in total. The van der Waals surface area contributed by atoms with Crippen LogP contribution in [0.2, 0.25) is 0 Å². The van der Waals surface area contributed by atoms with Gasteiger partial charge in [-0.1, -0.05) is 6.08 Å². The zero-order valence-electron chi connectivity index (χ0n) is 8.43. The number of aliphatic hydroxyl groups is 1. The standard InChI is InChI=1S/C11H13N3O/c1-2-5-14(6-7-15)11-8-10(9-12)3-4-13-11/h2-4,8,15H,1,5-7H2. The molecule has 0 aliphatic heterocycles. The number of hydrogen-bond donors (Lipinski definition) is 1. The van der Waals surface area contributed by atoms with Crippen molar-refractivity contribution in [3.05, 3.63) is 36.5 Å². The number of rotatable bonds is 5. The second-order valence-corrected chi connectivity index (χ2v) is 2.97. The molecule has 1 aromatic heterocycles. The highest BCUT2D eigenvalue weighted by molar-refractivity contribution is 5.45. The van der Waals surface area contributed by atoms with E-state index in [0.717, 1.165) is 0 Å². The summed E-state index contributed by atoms with van der Waals surface area (Å²) in [5.41, 5.74) is 0.562. The van der Waals surface area contributed by atoms with Crippen LogP contribution in [0.3, 0.4) is 0 Å². The van der Waals surface area contributed by atoms with Gasteiger partial charge in [0.2, 0.25) is 0 Å². The molecule has 0 aliphatic rings. The third-order valence-corrected chi connectivity index (χ3v) is 1.92. The van der Waals surface area contributed by atoms with E-state index in [0.29, 0.717) is 24.5 Å². The Hall–Kier alpha value is -1.86. The van der Waals surface area contributed by atoms with Crippen LogP contribution in [-0.2, 0) is 0 Å². The maximum Gasteiger partial charge on any atom is 0.130 e. The monoisotopic (exact) mass is 203 g/mol. The Morgan fingerprint density at radius 2 is 2.47 bits per heavy atom. The summed E-state index contributed by atoms with van der Waals surface area (Å²) in [5.74, 6) is 0.683. The number of hydrogen-bond acceptors (Lipinski definition) is 4. The van der Waals surface area contributed by atoms with E-state index in [1.165, 1.54) is 0 Å². The minimum Gasteiger partial charge on any atom is -0.395 e. The Bertz CT molecular complexity index is 370. The maximum absolute atomic E-state index is 8.88. The van der Waals surface area contributed by atoms with E-state index >= 15 is 0 Å². The van der Waals surface area contributed by atoms with Crippen molar-refractivity contribution in [2.75, 3.05) is 24.6 Å². The minimum atomic E-state index is 0.0479. The molecule has 0 aromatic carbocycles. The van der Waals surface area contributed by atoms with Gasteiger partial charge in [0.05, 0.1) is 18.2 Å². The lowest BCUT2D eigenvalue weighted by atomic mass is 10.3. The van der Waals surface area contributed by atoms with Gasteiger partial charge >= 0.3 is 0 Å². The van der Waals surface area contributed by atoms with Gasteiger partial charge in [0.15, 0.2) is 0 Å². The SMILES string of the molecule is C=CCN(CCO)c1cc(C#N)ccn1. The first-order valence-electron chi connectivity index (χ1n) is 4.64. The fraction of sp³-hybridized carbons (Fsp3) is 0.273. The Morgan fingerprint density at radius 1 is 1.67 bits per heavy atom. The summed E-state index contributed by atoms with van der Waals surface area (Å²) >= 11 is 0. The summed E-state index contributed by atoms with van der Waals surface area (Å²) in [5, 5.41) is 17.6. The molecule has 0 atom stereocenters. The van der Waals surface area contributed by atoms with E-state index in [4.69, 9.17) is 10.4 Å². The second kappa shape index (κ2) is 5.78. The van der Waals surface area contributed by atoms with Crippen molar-refractivity contribution in [1.29, 1.82) is 5.26 Å². The lowest BCUT2D eigenvalue weighted by Gasteiger charge is -2.20. The van der Waals surface area contributed by atoms with Gasteiger partial charge in [0.25, 0.3) is 0 Å². The summed E-state index contributed by atoms with van der Waals surface area (Å²) in [6.45, 7) is 4.76. The molecule has 4 nitrogen and oxygen atoms in total. The van der Waals surface area contributed by atoms with Gasteiger partial charge in [-0.15, -0.1) is 6.58 Å². The van der Waals surface area contributed by atoms with Gasteiger partial charge in [-0.3, -0.25) is 0 Å². The van der Waals surface area contributed by atoms with Crippen molar-refractivity contribution in [2.24, 2.45) is 0 Å². The van der Waals surface area contributed by atoms with E-state index in [9.17, 15) is 0 Å². The fourth-order valence-electron chi connectivity index (χ4n) is 1.24. The average molecular weight is 203 g/mol. The molecule has 4 heteroatoms. The minimum absolute atomic E-state index is 0.0479. The van der Waals surface area contributed by atoms with Crippen LogP contribution in [0, 0.1) is 11.3 Å². The first-order valence-corrected chi connectivity index (χ1v) is 4.64. The molecule has 0 saturated carbocycles. The highest BCUT2D eigenvalue weighted by Gasteiger charge is 2.05. The molecule has 78 valence electrons. The van der Waals surface area contributed by atoms with Crippen LogP contribution < -0.4 is 4.90 Å². The molecule has 0 spiro atoms. The predicted molar refractivity (Wildman–Crippen MR) is 58.4 cm³/mol. The molecule has 0 aliphatic carbocycles. The average Bonchev–Trinajstić information content (AvgIpc) is 2.29. The summed E-state index contributed by atoms with van der Waals surface area (Å²) in [4.78, 5) is 6.00. The summed E-state index contributed by atoms with van der Waals surface area (Å²) in [6.07, 6.45) is 3.32. The van der Waals surface area contributed by atoms with Crippen molar-refractivity contribution < 1.29 is 5.11 Å². The number of anilines is 1. The lowest BCUT2D eigenvalue weighted by molar-refractivity contribution is 0.302. The number of nitrogens with zero attached hydrogens (tertiary/aromatic N) is 3. The van der Waals surface area contributed by atoms with Crippen LogP contribution in [0.25, 0.3) is 0 Å². The van der Waals surface area contributed by atoms with Gasteiger partial charge < -0.3 is 10.0 Å². The van der Waals surface area contributed by atoms with Gasteiger partial charge in [-0.25, -0.2) is 4.98 Å². The third-order valence-electron chi connectivity index (χ3n) is 1.92. The summed E-state index contributed by atoms with van der Waals surface area (Å²) < 4.78 is 0. The third kappa shape index (κ3) is 3.08. The number of aromatic nitrogens is 1. The molecule has 1 heterocycles. The molecule has 0 amide bonds. The van der Waals surface area contributed by atoms with Crippen LogP contribution >= 0.6 is 0 Å². The van der Waals surface area contributed by atoms with Crippen LogP contribution in [0.15, 0.2) is 31.0 Å². The van der Waals surface area contributed by atoms with E-state index in [2.05, 4.69) is 17.6 Å². The van der Waals surface area contributed by atoms with Crippen molar-refractivity contribution in [1.82, 2.24) is 4.98 Å². The van der Waals surface area contributed by atoms with E-state index in [1.807, 2.05) is 4.90 Å². The van der Waals surface area contributed by atoms with Crippen molar-refractivity contribution in [3.63, 3.8) is 0 Å². The molecule has 0 fully saturated rings. The number of nitriles is 1. The van der Waals surface area contributed by atoms with Crippen LogP contribution in [0.4, 0.5) is 5.82 Å². The Morgan fingerprint density at radius 3 is 3.07 bits per heavy atom. The van der Waals surface area contributed by atoms with Crippen LogP contribution in [0.5, 0.6) is 0 Å². The molecule has 0 radical (unpaired) electrons. The predicted octanol–water partition coefficient (Wildman–Crippen LogP) is 0.938.